The number of guanidine groups is 1. The average molecular weight is 403 g/mol. The molecule has 0 atom stereocenters. The third-order valence-corrected chi connectivity index (χ3v) is 2.87. The van der Waals surface area contributed by atoms with Crippen molar-refractivity contribution in [3.63, 3.8) is 0 Å². The summed E-state index contributed by atoms with van der Waals surface area (Å²) in [7, 11) is 2.05. The van der Waals surface area contributed by atoms with E-state index < -0.39 is 0 Å². The van der Waals surface area contributed by atoms with Gasteiger partial charge in [-0.3, -0.25) is 4.99 Å². The summed E-state index contributed by atoms with van der Waals surface area (Å²) in [6.45, 7) is 9.84. The van der Waals surface area contributed by atoms with Crippen LogP contribution >= 0.6 is 24.0 Å². The maximum absolute atomic E-state index is 5.31. The number of hydrogen-bond donors (Lipinski definition) is 1. The normalized spacial score (nSPS) is 10.6. The van der Waals surface area contributed by atoms with Crippen molar-refractivity contribution in [2.75, 3.05) is 26.7 Å². The van der Waals surface area contributed by atoms with Gasteiger partial charge in [0.15, 0.2) is 5.96 Å². The van der Waals surface area contributed by atoms with Gasteiger partial charge in [0.25, 0.3) is 0 Å². The largest absolute Gasteiger partial charge is 0.469 e. The lowest BCUT2D eigenvalue weighted by molar-refractivity contribution is 0.469. The average Bonchev–Trinajstić information content (AvgIpc) is 2.96. The minimum absolute atomic E-state index is 0. The third kappa shape index (κ3) is 8.60. The van der Waals surface area contributed by atoms with Crippen molar-refractivity contribution in [3.8, 4) is 0 Å². The molecule has 1 aromatic rings. The minimum atomic E-state index is 0. The van der Waals surface area contributed by atoms with E-state index in [-0.39, 0.29) is 24.0 Å². The Bertz CT molecular complexity index is 415. The summed E-state index contributed by atoms with van der Waals surface area (Å²) in [5, 5.41) is 3.28. The standard InChI is InChI=1S/C16H25N3O.HI/c1-4-6-7-13-19(3)16(17-11-5-2)18-12-10-15-9-8-14-20-15;/h4-5,8-9,14H,1-2,6-7,10-13H2,3H3,(H,17,18);1H. The Kier molecular flexibility index (Phi) is 11.8. The molecule has 4 nitrogen and oxygen atoms in total. The predicted molar refractivity (Wildman–Crippen MR) is 100 cm³/mol. The molecule has 0 bridgehead atoms. The zero-order valence-electron chi connectivity index (χ0n) is 12.8. The van der Waals surface area contributed by atoms with Crippen LogP contribution in [0.3, 0.4) is 0 Å². The summed E-state index contributed by atoms with van der Waals surface area (Å²) >= 11 is 0. The van der Waals surface area contributed by atoms with Crippen LogP contribution in [0, 0.1) is 0 Å². The maximum atomic E-state index is 5.31. The van der Waals surface area contributed by atoms with Crippen LogP contribution in [0.2, 0.25) is 0 Å². The molecule has 118 valence electrons. The number of rotatable bonds is 9. The van der Waals surface area contributed by atoms with E-state index in [4.69, 9.17) is 4.42 Å². The predicted octanol–water partition coefficient (Wildman–Crippen LogP) is 3.47. The van der Waals surface area contributed by atoms with Gasteiger partial charge in [-0.1, -0.05) is 12.2 Å². The SMILES string of the molecule is C=CCCCN(C)C(=NCCc1ccco1)NCC=C.I. The van der Waals surface area contributed by atoms with Crippen LogP contribution in [-0.2, 0) is 6.42 Å². The van der Waals surface area contributed by atoms with Crippen LogP contribution in [0.1, 0.15) is 18.6 Å². The molecule has 0 saturated carbocycles. The second kappa shape index (κ2) is 12.5. The van der Waals surface area contributed by atoms with Crippen molar-refractivity contribution in [3.05, 3.63) is 49.5 Å². The van der Waals surface area contributed by atoms with Crippen molar-refractivity contribution in [2.24, 2.45) is 4.99 Å². The first-order valence-corrected chi connectivity index (χ1v) is 7.01. The Morgan fingerprint density at radius 2 is 2.24 bits per heavy atom. The number of nitrogens with one attached hydrogen (secondary N) is 1. The Hall–Kier alpha value is -1.24. The topological polar surface area (TPSA) is 40.8 Å². The van der Waals surface area contributed by atoms with Crippen molar-refractivity contribution in [1.29, 1.82) is 0 Å². The minimum Gasteiger partial charge on any atom is -0.469 e. The highest BCUT2D eigenvalue weighted by atomic mass is 127. The molecule has 0 spiro atoms. The number of nitrogens with zero attached hydrogens (tertiary/aromatic N) is 2. The van der Waals surface area contributed by atoms with Crippen LogP contribution in [0.25, 0.3) is 0 Å². The van der Waals surface area contributed by atoms with Crippen LogP contribution < -0.4 is 5.32 Å². The van der Waals surface area contributed by atoms with Crippen LogP contribution in [0.4, 0.5) is 0 Å². The monoisotopic (exact) mass is 403 g/mol. The van der Waals surface area contributed by atoms with Crippen LogP contribution in [0.15, 0.2) is 53.1 Å². The molecule has 1 N–H and O–H groups in total. The van der Waals surface area contributed by atoms with E-state index in [2.05, 4.69) is 28.4 Å². The molecule has 1 heterocycles. The Balaban J connectivity index is 0.00000400. The van der Waals surface area contributed by atoms with Crippen molar-refractivity contribution >= 4 is 29.9 Å². The molecule has 0 amide bonds. The molecule has 5 heteroatoms. The Labute approximate surface area is 145 Å². The summed E-state index contributed by atoms with van der Waals surface area (Å²) in [5.41, 5.74) is 0. The summed E-state index contributed by atoms with van der Waals surface area (Å²) < 4.78 is 5.31. The zero-order chi connectivity index (χ0) is 14.6. The van der Waals surface area contributed by atoms with Gasteiger partial charge in [0, 0.05) is 33.1 Å². The van der Waals surface area contributed by atoms with E-state index in [0.717, 1.165) is 37.5 Å². The number of allylic oxidation sites excluding steroid dienone is 1. The fourth-order valence-electron chi connectivity index (χ4n) is 1.78. The van der Waals surface area contributed by atoms with Gasteiger partial charge in [-0.15, -0.1) is 37.1 Å². The van der Waals surface area contributed by atoms with Gasteiger partial charge in [-0.2, -0.15) is 0 Å². The van der Waals surface area contributed by atoms with Crippen LogP contribution in [0.5, 0.6) is 0 Å². The molecule has 0 aliphatic rings. The summed E-state index contributed by atoms with van der Waals surface area (Å²) in [6.07, 6.45) is 8.38. The summed E-state index contributed by atoms with van der Waals surface area (Å²) in [5.74, 6) is 1.87. The molecule has 0 aliphatic heterocycles. The molecule has 0 radical (unpaired) electrons. The van der Waals surface area contributed by atoms with Crippen LogP contribution in [-0.4, -0.2) is 37.5 Å². The van der Waals surface area contributed by atoms with Gasteiger partial charge in [-0.25, -0.2) is 0 Å². The highest BCUT2D eigenvalue weighted by molar-refractivity contribution is 14.0. The maximum Gasteiger partial charge on any atom is 0.193 e. The van der Waals surface area contributed by atoms with E-state index in [9.17, 15) is 0 Å². The lowest BCUT2D eigenvalue weighted by Gasteiger charge is -2.21. The summed E-state index contributed by atoms with van der Waals surface area (Å²) in [6, 6.07) is 3.87. The van der Waals surface area contributed by atoms with Crippen molar-refractivity contribution in [1.82, 2.24) is 10.2 Å². The first-order valence-electron chi connectivity index (χ1n) is 7.01. The van der Waals surface area contributed by atoms with E-state index in [0.29, 0.717) is 13.1 Å². The van der Waals surface area contributed by atoms with Gasteiger partial charge in [0.2, 0.25) is 0 Å². The fourth-order valence-corrected chi connectivity index (χ4v) is 1.78. The fraction of sp³-hybridized carbons (Fsp3) is 0.438. The summed E-state index contributed by atoms with van der Waals surface area (Å²) in [4.78, 5) is 6.75. The molecule has 0 unspecified atom stereocenters. The first-order chi connectivity index (χ1) is 9.77. The first kappa shape index (κ1) is 19.8. The third-order valence-electron chi connectivity index (χ3n) is 2.87. The molecule has 0 saturated heterocycles. The smallest absolute Gasteiger partial charge is 0.193 e. The van der Waals surface area contributed by atoms with Gasteiger partial charge in [-0.05, 0) is 25.0 Å². The zero-order valence-corrected chi connectivity index (χ0v) is 15.1. The highest BCUT2D eigenvalue weighted by Gasteiger charge is 2.04. The van der Waals surface area contributed by atoms with E-state index in [1.807, 2.05) is 31.3 Å². The van der Waals surface area contributed by atoms with E-state index in [1.165, 1.54) is 0 Å². The van der Waals surface area contributed by atoms with Crippen molar-refractivity contribution in [2.45, 2.75) is 19.3 Å². The Morgan fingerprint density at radius 3 is 2.86 bits per heavy atom. The number of aliphatic imine (C=N–C) groups is 1. The Morgan fingerprint density at radius 1 is 1.43 bits per heavy atom. The van der Waals surface area contributed by atoms with Gasteiger partial charge in [0.1, 0.15) is 5.76 Å². The second-order valence-corrected chi connectivity index (χ2v) is 4.56. The quantitative estimate of drug-likeness (QED) is 0.226. The molecular weight excluding hydrogens is 377 g/mol. The van der Waals surface area contributed by atoms with E-state index >= 15 is 0 Å². The van der Waals surface area contributed by atoms with Crippen molar-refractivity contribution < 1.29 is 4.42 Å². The molecular formula is C16H26IN3O. The van der Waals surface area contributed by atoms with Gasteiger partial charge >= 0.3 is 0 Å². The number of furan rings is 1. The van der Waals surface area contributed by atoms with Gasteiger partial charge in [0.05, 0.1) is 6.26 Å². The number of unbranched alkanes of at least 4 members (excludes halogenated alkanes) is 1. The second-order valence-electron chi connectivity index (χ2n) is 4.56. The molecule has 0 fully saturated rings. The highest BCUT2D eigenvalue weighted by Crippen LogP contribution is 2.01. The van der Waals surface area contributed by atoms with Gasteiger partial charge < -0.3 is 14.6 Å². The number of halogens is 1. The molecule has 21 heavy (non-hydrogen) atoms. The molecule has 1 aromatic heterocycles. The molecule has 0 aromatic carbocycles. The lowest BCUT2D eigenvalue weighted by atomic mass is 10.3. The molecule has 0 aliphatic carbocycles. The molecule has 1 rings (SSSR count). The number of hydrogen-bond acceptors (Lipinski definition) is 2. The van der Waals surface area contributed by atoms with E-state index in [1.54, 1.807) is 6.26 Å². The lowest BCUT2D eigenvalue weighted by Crippen LogP contribution is -2.39.